The first-order chi connectivity index (χ1) is 13.6. The Balaban J connectivity index is 1.30. The van der Waals surface area contributed by atoms with E-state index in [-0.39, 0.29) is 11.8 Å². The summed E-state index contributed by atoms with van der Waals surface area (Å²) >= 11 is 1.51. The maximum atomic E-state index is 12.9. The summed E-state index contributed by atoms with van der Waals surface area (Å²) in [5.74, 6) is 0.803. The first kappa shape index (κ1) is 17.2. The number of aromatic nitrogens is 3. The minimum atomic E-state index is -0.111. The van der Waals surface area contributed by atoms with Crippen LogP contribution in [0.1, 0.15) is 21.0 Å². The van der Waals surface area contributed by atoms with Gasteiger partial charge in [-0.25, -0.2) is 0 Å². The molecule has 9 heteroatoms. The molecule has 0 atom stereocenters. The number of carbonyl (C=O) groups is 2. The van der Waals surface area contributed by atoms with Gasteiger partial charge in [0.1, 0.15) is 11.5 Å². The smallest absolute Gasteiger partial charge is 0.274 e. The number of rotatable bonds is 2. The van der Waals surface area contributed by atoms with E-state index in [0.29, 0.717) is 37.6 Å². The highest BCUT2D eigenvalue weighted by molar-refractivity contribution is 7.13. The van der Waals surface area contributed by atoms with Gasteiger partial charge in [0.15, 0.2) is 5.69 Å². The lowest BCUT2D eigenvalue weighted by Gasteiger charge is -2.34. The van der Waals surface area contributed by atoms with Gasteiger partial charge in [-0.15, -0.1) is 0 Å². The summed E-state index contributed by atoms with van der Waals surface area (Å²) in [6.45, 7) is 3.92. The number of likely N-dealkylation sites (N-methyl/N-ethyl adjacent to an activating group) is 1. The summed E-state index contributed by atoms with van der Waals surface area (Å²) in [5.41, 5.74) is 0.843. The molecule has 3 aromatic rings. The maximum absolute atomic E-state index is 12.9. The molecule has 0 unspecified atom stereocenters. The van der Waals surface area contributed by atoms with Crippen LogP contribution in [0.5, 0.6) is 0 Å². The van der Waals surface area contributed by atoms with E-state index in [1.807, 2.05) is 17.0 Å². The largest absolute Gasteiger partial charge is 0.352 e. The van der Waals surface area contributed by atoms with Crippen LogP contribution >= 0.6 is 11.5 Å². The minimum Gasteiger partial charge on any atom is -0.352 e. The van der Waals surface area contributed by atoms with Crippen LogP contribution in [0.3, 0.4) is 0 Å². The molecule has 1 fully saturated rings. The standard InChI is InChI=1S/C19H20N6O2S/c1-22-6-11-25-15(19(22)27)12-14(20-25)18(26)24-9-7-23(8-10-24)17-13-4-2-3-5-16(13)28-21-17/h2-5,12H,6-11H2,1H3. The molecular formula is C19H20N6O2S. The fraction of sp³-hybridized carbons (Fsp3) is 0.368. The van der Waals surface area contributed by atoms with Gasteiger partial charge in [-0.1, -0.05) is 12.1 Å². The average molecular weight is 396 g/mol. The van der Waals surface area contributed by atoms with Crippen molar-refractivity contribution in [2.45, 2.75) is 6.54 Å². The van der Waals surface area contributed by atoms with Gasteiger partial charge in [-0.05, 0) is 23.7 Å². The summed E-state index contributed by atoms with van der Waals surface area (Å²) in [6.07, 6.45) is 0. The van der Waals surface area contributed by atoms with E-state index in [9.17, 15) is 9.59 Å². The van der Waals surface area contributed by atoms with Crippen LogP contribution in [-0.2, 0) is 6.54 Å². The first-order valence-corrected chi connectivity index (χ1v) is 10.1. The number of amides is 2. The van der Waals surface area contributed by atoms with Crippen LogP contribution in [0, 0.1) is 0 Å². The number of nitrogens with zero attached hydrogens (tertiary/aromatic N) is 6. The summed E-state index contributed by atoms with van der Waals surface area (Å²) < 4.78 is 7.43. The Labute approximate surface area is 166 Å². The summed E-state index contributed by atoms with van der Waals surface area (Å²) in [5, 5.41) is 5.54. The van der Waals surface area contributed by atoms with Crippen molar-refractivity contribution >= 4 is 39.3 Å². The van der Waals surface area contributed by atoms with Crippen molar-refractivity contribution in [1.82, 2.24) is 24.0 Å². The number of piperazine rings is 1. The van der Waals surface area contributed by atoms with Gasteiger partial charge >= 0.3 is 0 Å². The molecule has 0 bridgehead atoms. The molecule has 4 heterocycles. The molecule has 1 saturated heterocycles. The van der Waals surface area contributed by atoms with Gasteiger partial charge in [0, 0.05) is 51.2 Å². The number of fused-ring (bicyclic) bond motifs is 2. The van der Waals surface area contributed by atoms with Crippen LogP contribution in [-0.4, -0.2) is 75.5 Å². The van der Waals surface area contributed by atoms with Gasteiger partial charge < -0.3 is 14.7 Å². The fourth-order valence-electron chi connectivity index (χ4n) is 3.79. The normalized spacial score (nSPS) is 17.3. The van der Waals surface area contributed by atoms with Gasteiger partial charge in [-0.3, -0.25) is 14.3 Å². The molecular weight excluding hydrogens is 376 g/mol. The number of benzene rings is 1. The van der Waals surface area contributed by atoms with Crippen molar-refractivity contribution in [3.63, 3.8) is 0 Å². The Morgan fingerprint density at radius 3 is 2.68 bits per heavy atom. The lowest BCUT2D eigenvalue weighted by Crippen LogP contribution is -2.49. The van der Waals surface area contributed by atoms with Gasteiger partial charge in [0.05, 0.1) is 11.2 Å². The quantitative estimate of drug-likeness (QED) is 0.657. The van der Waals surface area contributed by atoms with E-state index in [0.717, 1.165) is 24.3 Å². The first-order valence-electron chi connectivity index (χ1n) is 9.34. The third-order valence-electron chi connectivity index (χ3n) is 5.44. The zero-order chi connectivity index (χ0) is 19.3. The molecule has 0 N–H and O–H groups in total. The molecule has 0 radical (unpaired) electrons. The zero-order valence-corrected chi connectivity index (χ0v) is 16.4. The molecule has 2 amide bonds. The van der Waals surface area contributed by atoms with Crippen LogP contribution in [0.15, 0.2) is 30.3 Å². The highest BCUT2D eigenvalue weighted by Crippen LogP contribution is 2.30. The molecule has 0 aliphatic carbocycles. The molecule has 8 nitrogen and oxygen atoms in total. The van der Waals surface area contributed by atoms with Crippen LogP contribution in [0.4, 0.5) is 5.82 Å². The molecule has 2 aliphatic rings. The second-order valence-electron chi connectivity index (χ2n) is 7.15. The Morgan fingerprint density at radius 2 is 1.86 bits per heavy atom. The van der Waals surface area contributed by atoms with Crippen molar-refractivity contribution in [2.75, 3.05) is 44.7 Å². The van der Waals surface area contributed by atoms with E-state index in [1.165, 1.54) is 16.2 Å². The number of hydrogen-bond donors (Lipinski definition) is 0. The van der Waals surface area contributed by atoms with E-state index in [1.54, 1.807) is 22.7 Å². The zero-order valence-electron chi connectivity index (χ0n) is 15.5. The molecule has 2 aliphatic heterocycles. The second kappa shape index (κ2) is 6.59. The van der Waals surface area contributed by atoms with E-state index in [2.05, 4.69) is 26.5 Å². The van der Waals surface area contributed by atoms with E-state index >= 15 is 0 Å². The third kappa shape index (κ3) is 2.73. The second-order valence-corrected chi connectivity index (χ2v) is 7.95. The predicted octanol–water partition coefficient (Wildman–Crippen LogP) is 1.54. The highest BCUT2D eigenvalue weighted by Gasteiger charge is 2.29. The Kier molecular flexibility index (Phi) is 4.04. The molecule has 1 aromatic carbocycles. The van der Waals surface area contributed by atoms with Crippen LogP contribution in [0.2, 0.25) is 0 Å². The van der Waals surface area contributed by atoms with Crippen LogP contribution in [0.25, 0.3) is 10.1 Å². The summed E-state index contributed by atoms with van der Waals surface area (Å²) in [4.78, 5) is 30.8. The number of carbonyl (C=O) groups excluding carboxylic acids is 2. The summed E-state index contributed by atoms with van der Waals surface area (Å²) in [6, 6.07) is 9.85. The third-order valence-corrected chi connectivity index (χ3v) is 6.25. The molecule has 0 spiro atoms. The Bertz CT molecular complexity index is 1070. The van der Waals surface area contributed by atoms with Crippen molar-refractivity contribution in [1.29, 1.82) is 0 Å². The Morgan fingerprint density at radius 1 is 1.07 bits per heavy atom. The minimum absolute atomic E-state index is 0.0852. The molecule has 144 valence electrons. The SMILES string of the molecule is CN1CCn2nc(C(=O)N3CCN(c4nsc5ccccc45)CC3)cc2C1=O. The predicted molar refractivity (Wildman–Crippen MR) is 107 cm³/mol. The van der Waals surface area contributed by atoms with Gasteiger partial charge in [-0.2, -0.15) is 9.47 Å². The number of anilines is 1. The van der Waals surface area contributed by atoms with Gasteiger partial charge in [0.25, 0.3) is 11.8 Å². The Hall–Kier alpha value is -2.94. The fourth-order valence-corrected chi connectivity index (χ4v) is 4.59. The van der Waals surface area contributed by atoms with Crippen molar-refractivity contribution in [2.24, 2.45) is 0 Å². The lowest BCUT2D eigenvalue weighted by atomic mass is 10.2. The van der Waals surface area contributed by atoms with E-state index < -0.39 is 0 Å². The average Bonchev–Trinajstić information content (AvgIpc) is 3.35. The highest BCUT2D eigenvalue weighted by atomic mass is 32.1. The number of hydrogen-bond acceptors (Lipinski definition) is 6. The maximum Gasteiger partial charge on any atom is 0.274 e. The molecule has 5 rings (SSSR count). The monoisotopic (exact) mass is 396 g/mol. The molecule has 2 aromatic heterocycles. The molecule has 0 saturated carbocycles. The van der Waals surface area contributed by atoms with Crippen molar-refractivity contribution < 1.29 is 9.59 Å². The topological polar surface area (TPSA) is 74.6 Å². The van der Waals surface area contributed by atoms with Gasteiger partial charge in [0.2, 0.25) is 0 Å². The van der Waals surface area contributed by atoms with Crippen molar-refractivity contribution in [3.05, 3.63) is 41.7 Å². The van der Waals surface area contributed by atoms with Crippen molar-refractivity contribution in [3.8, 4) is 0 Å². The van der Waals surface area contributed by atoms with E-state index in [4.69, 9.17) is 0 Å². The molecule has 28 heavy (non-hydrogen) atoms. The van der Waals surface area contributed by atoms with Crippen LogP contribution < -0.4 is 4.90 Å². The lowest BCUT2D eigenvalue weighted by molar-refractivity contribution is 0.0728. The summed E-state index contributed by atoms with van der Waals surface area (Å²) in [7, 11) is 1.77.